The van der Waals surface area contributed by atoms with Gasteiger partial charge in [0.1, 0.15) is 10.6 Å². The zero-order chi connectivity index (χ0) is 14.5. The largest absolute Gasteiger partial charge is 0.495 e. The van der Waals surface area contributed by atoms with E-state index < -0.39 is 10.0 Å². The van der Waals surface area contributed by atoms with Crippen LogP contribution in [-0.4, -0.2) is 32.9 Å². The lowest BCUT2D eigenvalue weighted by Gasteiger charge is -2.20. The molecule has 0 unspecified atom stereocenters. The number of anilines is 1. The smallest absolute Gasteiger partial charge is 0.246 e. The van der Waals surface area contributed by atoms with Crippen molar-refractivity contribution in [2.24, 2.45) is 0 Å². The molecule has 0 spiro atoms. The predicted molar refractivity (Wildman–Crippen MR) is 72.1 cm³/mol. The van der Waals surface area contributed by atoms with E-state index in [1.807, 2.05) is 6.07 Å². The summed E-state index contributed by atoms with van der Waals surface area (Å²) in [4.78, 5) is 0.0230. The number of methoxy groups -OCH3 is 1. The summed E-state index contributed by atoms with van der Waals surface area (Å²) in [5, 5.41) is 8.58. The van der Waals surface area contributed by atoms with Gasteiger partial charge in [0.05, 0.1) is 13.2 Å². The van der Waals surface area contributed by atoms with Crippen LogP contribution in [-0.2, 0) is 10.0 Å². The Morgan fingerprint density at radius 3 is 2.68 bits per heavy atom. The van der Waals surface area contributed by atoms with Crippen LogP contribution in [0.3, 0.4) is 0 Å². The molecule has 7 heteroatoms. The molecule has 0 radical (unpaired) electrons. The molecular formula is C12H17N3O3S. The van der Waals surface area contributed by atoms with E-state index in [0.717, 1.165) is 0 Å². The van der Waals surface area contributed by atoms with Gasteiger partial charge in [0, 0.05) is 25.2 Å². The summed E-state index contributed by atoms with van der Waals surface area (Å²) in [6, 6.07) is 6.39. The van der Waals surface area contributed by atoms with Crippen molar-refractivity contribution in [2.45, 2.75) is 18.2 Å². The van der Waals surface area contributed by atoms with Crippen molar-refractivity contribution in [3.8, 4) is 11.8 Å². The average Bonchev–Trinajstić information content (AvgIpc) is 2.39. The van der Waals surface area contributed by atoms with Crippen molar-refractivity contribution in [3.63, 3.8) is 0 Å². The summed E-state index contributed by atoms with van der Waals surface area (Å²) < 4.78 is 31.3. The fourth-order valence-electron chi connectivity index (χ4n) is 1.66. The first kappa shape index (κ1) is 15.3. The van der Waals surface area contributed by atoms with Crippen LogP contribution in [0.5, 0.6) is 5.75 Å². The van der Waals surface area contributed by atoms with Gasteiger partial charge in [0.25, 0.3) is 0 Å². The number of ether oxygens (including phenoxy) is 1. The van der Waals surface area contributed by atoms with Crippen LogP contribution in [0, 0.1) is 11.3 Å². The van der Waals surface area contributed by atoms with Crippen LogP contribution in [0.4, 0.5) is 5.69 Å². The highest BCUT2D eigenvalue weighted by atomic mass is 32.2. The molecule has 0 saturated carbocycles. The minimum atomic E-state index is -3.71. The molecule has 0 amide bonds. The summed E-state index contributed by atoms with van der Waals surface area (Å²) in [5.74, 6) is 0.240. The number of nitrogen functional groups attached to an aromatic ring is 1. The minimum Gasteiger partial charge on any atom is -0.495 e. The maximum absolute atomic E-state index is 12.5. The molecule has 2 N–H and O–H groups in total. The minimum absolute atomic E-state index is 0.0230. The quantitative estimate of drug-likeness (QED) is 0.791. The van der Waals surface area contributed by atoms with Crippen LogP contribution in [0.15, 0.2) is 23.1 Å². The first-order valence-electron chi connectivity index (χ1n) is 5.78. The normalized spacial score (nSPS) is 11.3. The lowest BCUT2D eigenvalue weighted by molar-refractivity contribution is 0.394. The molecule has 0 fully saturated rings. The van der Waals surface area contributed by atoms with Crippen LogP contribution in [0.25, 0.3) is 0 Å². The van der Waals surface area contributed by atoms with E-state index in [1.165, 1.54) is 23.5 Å². The van der Waals surface area contributed by atoms with Gasteiger partial charge in [-0.3, -0.25) is 0 Å². The molecule has 1 aromatic rings. The standard InChI is InChI=1S/C12H17N3O3S/c1-3-15(8-4-7-13)19(16,17)12-9-10(14)5-6-11(12)18-2/h5-6,9H,3-4,8,14H2,1-2H3. The molecule has 0 heterocycles. The lowest BCUT2D eigenvalue weighted by Crippen LogP contribution is -2.32. The van der Waals surface area contributed by atoms with Gasteiger partial charge in [0.2, 0.25) is 10.0 Å². The van der Waals surface area contributed by atoms with Crippen LogP contribution >= 0.6 is 0 Å². The second kappa shape index (κ2) is 6.41. The Morgan fingerprint density at radius 1 is 1.47 bits per heavy atom. The molecule has 6 nitrogen and oxygen atoms in total. The number of hydrogen-bond acceptors (Lipinski definition) is 5. The highest BCUT2D eigenvalue weighted by molar-refractivity contribution is 7.89. The van der Waals surface area contributed by atoms with Crippen LogP contribution in [0.2, 0.25) is 0 Å². The summed E-state index contributed by atoms with van der Waals surface area (Å²) in [6.45, 7) is 2.14. The Morgan fingerprint density at radius 2 is 2.16 bits per heavy atom. The zero-order valence-corrected chi connectivity index (χ0v) is 11.8. The van der Waals surface area contributed by atoms with E-state index in [1.54, 1.807) is 13.0 Å². The molecule has 1 rings (SSSR count). The highest BCUT2D eigenvalue weighted by Gasteiger charge is 2.26. The summed E-state index contributed by atoms with van der Waals surface area (Å²) in [6.07, 6.45) is 0.137. The molecule has 1 aromatic carbocycles. The van der Waals surface area contributed by atoms with Gasteiger partial charge in [0.15, 0.2) is 0 Å². The summed E-state index contributed by atoms with van der Waals surface area (Å²) in [5.41, 5.74) is 5.97. The van der Waals surface area contributed by atoms with Crippen molar-refractivity contribution in [1.82, 2.24) is 4.31 Å². The van der Waals surface area contributed by atoms with Gasteiger partial charge < -0.3 is 10.5 Å². The van der Waals surface area contributed by atoms with Crippen molar-refractivity contribution in [3.05, 3.63) is 18.2 Å². The Bertz CT molecular complexity index is 578. The van der Waals surface area contributed by atoms with Gasteiger partial charge in [-0.25, -0.2) is 8.42 Å². The molecule has 0 aliphatic carbocycles. The van der Waals surface area contributed by atoms with Crippen molar-refractivity contribution >= 4 is 15.7 Å². The monoisotopic (exact) mass is 283 g/mol. The third-order valence-corrected chi connectivity index (χ3v) is 4.63. The number of hydrogen-bond donors (Lipinski definition) is 1. The third kappa shape index (κ3) is 3.36. The molecule has 19 heavy (non-hydrogen) atoms. The molecule has 0 aromatic heterocycles. The van der Waals surface area contributed by atoms with Crippen LogP contribution in [0.1, 0.15) is 13.3 Å². The average molecular weight is 283 g/mol. The Labute approximate surface area is 113 Å². The van der Waals surface area contributed by atoms with E-state index in [-0.39, 0.29) is 30.2 Å². The second-order valence-electron chi connectivity index (χ2n) is 3.82. The first-order valence-corrected chi connectivity index (χ1v) is 7.22. The van der Waals surface area contributed by atoms with Gasteiger partial charge >= 0.3 is 0 Å². The maximum atomic E-state index is 12.5. The fraction of sp³-hybridized carbons (Fsp3) is 0.417. The van der Waals surface area contributed by atoms with Gasteiger partial charge in [-0.15, -0.1) is 0 Å². The molecule has 104 valence electrons. The van der Waals surface area contributed by atoms with E-state index in [9.17, 15) is 8.42 Å². The third-order valence-electron chi connectivity index (χ3n) is 2.63. The summed E-state index contributed by atoms with van der Waals surface area (Å²) in [7, 11) is -2.31. The summed E-state index contributed by atoms with van der Waals surface area (Å²) >= 11 is 0. The Hall–Kier alpha value is -1.78. The van der Waals surface area contributed by atoms with Crippen molar-refractivity contribution in [1.29, 1.82) is 5.26 Å². The topological polar surface area (TPSA) is 96.4 Å². The molecular weight excluding hydrogens is 266 g/mol. The van der Waals surface area contributed by atoms with E-state index in [4.69, 9.17) is 15.7 Å². The molecule has 0 saturated heterocycles. The molecule has 0 bridgehead atoms. The molecule has 0 aliphatic rings. The second-order valence-corrected chi connectivity index (χ2v) is 5.72. The highest BCUT2D eigenvalue weighted by Crippen LogP contribution is 2.28. The van der Waals surface area contributed by atoms with Crippen molar-refractivity contribution in [2.75, 3.05) is 25.9 Å². The van der Waals surface area contributed by atoms with Gasteiger partial charge in [-0.1, -0.05) is 6.92 Å². The zero-order valence-electron chi connectivity index (χ0n) is 11.0. The number of rotatable bonds is 6. The van der Waals surface area contributed by atoms with Gasteiger partial charge in [-0.05, 0) is 18.2 Å². The fourth-order valence-corrected chi connectivity index (χ4v) is 3.30. The molecule has 0 aliphatic heterocycles. The van der Waals surface area contributed by atoms with Gasteiger partial charge in [-0.2, -0.15) is 9.57 Å². The number of nitrogens with zero attached hydrogens (tertiary/aromatic N) is 2. The van der Waals surface area contributed by atoms with Crippen molar-refractivity contribution < 1.29 is 13.2 Å². The molecule has 0 atom stereocenters. The Kier molecular flexibility index (Phi) is 5.15. The first-order chi connectivity index (χ1) is 8.97. The van der Waals surface area contributed by atoms with E-state index >= 15 is 0 Å². The number of nitriles is 1. The lowest BCUT2D eigenvalue weighted by atomic mass is 10.3. The number of benzene rings is 1. The SMILES string of the molecule is CCN(CCC#N)S(=O)(=O)c1cc(N)ccc1OC. The predicted octanol–water partition coefficient (Wildman–Crippen LogP) is 1.20. The number of sulfonamides is 1. The van der Waals surface area contributed by atoms with Crippen LogP contribution < -0.4 is 10.5 Å². The number of nitrogens with two attached hydrogens (primary N) is 1. The van der Waals surface area contributed by atoms with E-state index in [0.29, 0.717) is 5.69 Å². The Balaban J connectivity index is 3.25. The maximum Gasteiger partial charge on any atom is 0.246 e. The van der Waals surface area contributed by atoms with E-state index in [2.05, 4.69) is 0 Å².